The first kappa shape index (κ1) is 9.39. The van der Waals surface area contributed by atoms with E-state index >= 15 is 0 Å². The Balaban J connectivity index is 2.07. The van der Waals surface area contributed by atoms with E-state index in [0.29, 0.717) is 22.9 Å². The highest BCUT2D eigenvalue weighted by Gasteiger charge is 2.24. The van der Waals surface area contributed by atoms with Gasteiger partial charge in [-0.1, -0.05) is 6.07 Å². The van der Waals surface area contributed by atoms with Crippen molar-refractivity contribution >= 4 is 17.1 Å². The molecule has 0 aliphatic heterocycles. The minimum Gasteiger partial charge on any atom is -0.478 e. The van der Waals surface area contributed by atoms with Crippen molar-refractivity contribution in [3.63, 3.8) is 0 Å². The summed E-state index contributed by atoms with van der Waals surface area (Å²) in [6.45, 7) is 0. The van der Waals surface area contributed by atoms with Crippen LogP contribution in [-0.4, -0.2) is 16.1 Å². The van der Waals surface area contributed by atoms with Gasteiger partial charge in [0.25, 0.3) is 0 Å². The maximum absolute atomic E-state index is 11.0. The zero-order valence-corrected chi connectivity index (χ0v) is 8.64. The van der Waals surface area contributed by atoms with Gasteiger partial charge < -0.3 is 9.52 Å². The molecule has 0 bridgehead atoms. The van der Waals surface area contributed by atoms with Crippen LogP contribution in [0.5, 0.6) is 0 Å². The molecule has 0 radical (unpaired) electrons. The van der Waals surface area contributed by atoms with Crippen LogP contribution < -0.4 is 0 Å². The minimum absolute atomic E-state index is 0.211. The Bertz CT molecular complexity index is 554. The third kappa shape index (κ3) is 1.56. The summed E-state index contributed by atoms with van der Waals surface area (Å²) in [4.78, 5) is 15.2. The Morgan fingerprint density at radius 2 is 2.31 bits per heavy atom. The van der Waals surface area contributed by atoms with E-state index in [2.05, 4.69) is 4.98 Å². The van der Waals surface area contributed by atoms with Gasteiger partial charge in [-0.2, -0.15) is 0 Å². The number of carboxylic acids is 1. The van der Waals surface area contributed by atoms with Crippen molar-refractivity contribution in [3.8, 4) is 0 Å². The van der Waals surface area contributed by atoms with E-state index in [1.165, 1.54) is 12.8 Å². The average molecular weight is 217 g/mol. The van der Waals surface area contributed by atoms with Crippen molar-refractivity contribution in [1.29, 1.82) is 0 Å². The number of carboxylic acid groups (broad SMARTS) is 1. The number of rotatable bonds is 3. The van der Waals surface area contributed by atoms with E-state index in [1.807, 2.05) is 0 Å². The van der Waals surface area contributed by atoms with Crippen LogP contribution in [0.25, 0.3) is 11.1 Å². The van der Waals surface area contributed by atoms with Gasteiger partial charge in [0.15, 0.2) is 11.5 Å². The first-order valence-electron chi connectivity index (χ1n) is 5.36. The summed E-state index contributed by atoms with van der Waals surface area (Å²) in [6.07, 6.45) is 3.28. The van der Waals surface area contributed by atoms with Crippen molar-refractivity contribution < 1.29 is 14.3 Å². The zero-order valence-electron chi connectivity index (χ0n) is 8.64. The van der Waals surface area contributed by atoms with Crippen LogP contribution >= 0.6 is 0 Å². The van der Waals surface area contributed by atoms with Crippen molar-refractivity contribution in [2.24, 2.45) is 5.92 Å². The predicted octanol–water partition coefficient (Wildman–Crippen LogP) is 2.48. The Labute approximate surface area is 91.9 Å². The normalized spacial score (nSPS) is 15.5. The largest absolute Gasteiger partial charge is 0.478 e. The Kier molecular flexibility index (Phi) is 1.96. The molecule has 1 heterocycles. The first-order chi connectivity index (χ1) is 7.74. The topological polar surface area (TPSA) is 63.3 Å². The molecule has 0 unspecified atom stereocenters. The summed E-state index contributed by atoms with van der Waals surface area (Å²) in [7, 11) is 0. The van der Waals surface area contributed by atoms with Crippen molar-refractivity contribution in [3.05, 3.63) is 29.7 Å². The molecule has 1 aromatic heterocycles. The fourth-order valence-electron chi connectivity index (χ4n) is 1.82. The quantitative estimate of drug-likeness (QED) is 0.857. The summed E-state index contributed by atoms with van der Waals surface area (Å²) >= 11 is 0. The number of nitrogens with zero attached hydrogens (tertiary/aromatic N) is 1. The van der Waals surface area contributed by atoms with E-state index in [0.717, 1.165) is 6.42 Å². The van der Waals surface area contributed by atoms with E-state index in [4.69, 9.17) is 9.52 Å². The lowest BCUT2D eigenvalue weighted by Gasteiger charge is -1.92. The Hall–Kier alpha value is -1.84. The molecule has 0 spiro atoms. The van der Waals surface area contributed by atoms with Crippen LogP contribution in [0.15, 0.2) is 22.6 Å². The van der Waals surface area contributed by atoms with Crippen LogP contribution in [0.2, 0.25) is 0 Å². The van der Waals surface area contributed by atoms with Crippen molar-refractivity contribution in [2.45, 2.75) is 19.3 Å². The molecule has 82 valence electrons. The second-order valence-electron chi connectivity index (χ2n) is 4.21. The maximum atomic E-state index is 11.0. The number of benzene rings is 1. The molecule has 1 aliphatic carbocycles. The van der Waals surface area contributed by atoms with Gasteiger partial charge in [-0.25, -0.2) is 9.78 Å². The number of para-hydroxylation sites is 1. The molecule has 1 aliphatic rings. The summed E-state index contributed by atoms with van der Waals surface area (Å²) in [6, 6.07) is 4.98. The number of aromatic nitrogens is 1. The molecule has 4 heteroatoms. The lowest BCUT2D eigenvalue weighted by Crippen LogP contribution is -1.97. The second kappa shape index (κ2) is 3.33. The van der Waals surface area contributed by atoms with Crippen LogP contribution in [0, 0.1) is 5.92 Å². The van der Waals surface area contributed by atoms with Gasteiger partial charge in [-0.3, -0.25) is 0 Å². The molecule has 0 amide bonds. The van der Waals surface area contributed by atoms with Crippen LogP contribution in [0.1, 0.15) is 29.1 Å². The van der Waals surface area contributed by atoms with Crippen LogP contribution in [0.4, 0.5) is 0 Å². The van der Waals surface area contributed by atoms with Gasteiger partial charge in [0, 0.05) is 6.42 Å². The first-order valence-corrected chi connectivity index (χ1v) is 5.36. The molecule has 1 fully saturated rings. The molecule has 1 N–H and O–H groups in total. The fraction of sp³-hybridized carbons (Fsp3) is 0.333. The maximum Gasteiger partial charge on any atom is 0.338 e. The van der Waals surface area contributed by atoms with Crippen molar-refractivity contribution in [1.82, 2.24) is 4.98 Å². The third-order valence-electron chi connectivity index (χ3n) is 2.85. The number of aromatic carboxylic acids is 1. The molecule has 0 saturated heterocycles. The molecule has 1 aromatic carbocycles. The summed E-state index contributed by atoms with van der Waals surface area (Å²) in [5, 5.41) is 9.00. The Morgan fingerprint density at radius 3 is 3.00 bits per heavy atom. The number of hydrogen-bond donors (Lipinski definition) is 1. The highest BCUT2D eigenvalue weighted by molar-refractivity contribution is 6.00. The smallest absolute Gasteiger partial charge is 0.338 e. The van der Waals surface area contributed by atoms with E-state index in [9.17, 15) is 4.79 Å². The third-order valence-corrected chi connectivity index (χ3v) is 2.85. The monoisotopic (exact) mass is 217 g/mol. The molecular formula is C12H11NO3. The Morgan fingerprint density at radius 1 is 1.50 bits per heavy atom. The molecule has 3 rings (SSSR count). The molecule has 4 nitrogen and oxygen atoms in total. The lowest BCUT2D eigenvalue weighted by molar-refractivity contribution is 0.0699. The summed E-state index contributed by atoms with van der Waals surface area (Å²) < 4.78 is 5.54. The molecule has 16 heavy (non-hydrogen) atoms. The molecular weight excluding hydrogens is 206 g/mol. The fourth-order valence-corrected chi connectivity index (χ4v) is 1.82. The molecule has 0 atom stereocenters. The standard InChI is InChI=1S/C12H11NO3/c14-12(15)8-2-1-3-9-11(8)13-10(16-9)6-7-4-5-7/h1-3,7H,4-6H2,(H,14,15). The van der Waals surface area contributed by atoms with Gasteiger partial charge in [-0.05, 0) is 30.9 Å². The molecule has 2 aromatic rings. The van der Waals surface area contributed by atoms with Crippen LogP contribution in [0.3, 0.4) is 0 Å². The predicted molar refractivity (Wildman–Crippen MR) is 57.4 cm³/mol. The van der Waals surface area contributed by atoms with E-state index < -0.39 is 5.97 Å². The average Bonchev–Trinajstić information content (AvgIpc) is 2.95. The van der Waals surface area contributed by atoms with Gasteiger partial charge in [0.2, 0.25) is 0 Å². The van der Waals surface area contributed by atoms with E-state index in [-0.39, 0.29) is 5.56 Å². The number of fused-ring (bicyclic) bond motifs is 1. The SMILES string of the molecule is O=C(O)c1cccc2oc(CC3CC3)nc12. The number of oxazole rings is 1. The van der Waals surface area contributed by atoms with Gasteiger partial charge in [0.1, 0.15) is 5.52 Å². The van der Waals surface area contributed by atoms with Gasteiger partial charge in [0.05, 0.1) is 5.56 Å². The number of hydrogen-bond acceptors (Lipinski definition) is 3. The zero-order chi connectivity index (χ0) is 11.1. The minimum atomic E-state index is -0.961. The van der Waals surface area contributed by atoms with Crippen LogP contribution in [-0.2, 0) is 6.42 Å². The highest BCUT2D eigenvalue weighted by Crippen LogP contribution is 2.33. The van der Waals surface area contributed by atoms with Gasteiger partial charge >= 0.3 is 5.97 Å². The molecule has 1 saturated carbocycles. The van der Waals surface area contributed by atoms with E-state index in [1.54, 1.807) is 18.2 Å². The summed E-state index contributed by atoms with van der Waals surface area (Å²) in [5.41, 5.74) is 1.24. The lowest BCUT2D eigenvalue weighted by atomic mass is 10.2. The summed E-state index contributed by atoms with van der Waals surface area (Å²) in [5.74, 6) is 0.379. The number of carbonyl (C=O) groups is 1. The van der Waals surface area contributed by atoms with Gasteiger partial charge in [-0.15, -0.1) is 0 Å². The second-order valence-corrected chi connectivity index (χ2v) is 4.21. The highest BCUT2D eigenvalue weighted by atomic mass is 16.4. The van der Waals surface area contributed by atoms with Crippen molar-refractivity contribution in [2.75, 3.05) is 0 Å².